The number of hydrogen-bond donors (Lipinski definition) is 6. The Balaban J connectivity index is 0.000000417. The quantitative estimate of drug-likeness (QED) is 0.0361. The largest absolute Gasteiger partial charge is 0.352 e. The number of benzene rings is 5. The molecule has 95 heavy (non-hydrogen) atoms. The third-order valence-electron chi connectivity index (χ3n) is 14.5. The van der Waals surface area contributed by atoms with Crippen molar-refractivity contribution in [3.8, 4) is 11.5 Å². The van der Waals surface area contributed by atoms with E-state index in [-0.39, 0.29) is 91.1 Å². The second-order valence-corrected chi connectivity index (χ2v) is 234. The van der Waals surface area contributed by atoms with Gasteiger partial charge in [-0.2, -0.15) is 0 Å². The number of rotatable bonds is 22. The first-order chi connectivity index (χ1) is 44.7. The van der Waals surface area contributed by atoms with Crippen molar-refractivity contribution in [3.63, 3.8) is 0 Å². The number of likely N-dealkylation sites (tertiary alicyclic amines) is 3. The van der Waals surface area contributed by atoms with Crippen LogP contribution in [0.3, 0.4) is 0 Å². The SMILES string of the molecule is CC(C)COc1ccc(CN)cc1.CC(C)COc1ccc(CNC(=O)N(Cc2ccc(F)cc2)C2CCN(C)CC2)cc1.CN1CCC(N(Cc2ccc(F)cc2)C(N)=O)CC1.CN1CCC(NCc2ccc(F)cc2)CC1.I.I[I-]I(I)I(I)I(I)I(I)I.NC(N)=O. The van der Waals surface area contributed by atoms with E-state index >= 15 is 0 Å². The molecule has 5 aromatic carbocycles. The normalized spacial score (nSPS) is 15.1. The molecule has 3 fully saturated rings. The van der Waals surface area contributed by atoms with Gasteiger partial charge in [0.05, 0.1) is 13.2 Å². The van der Waals surface area contributed by atoms with Gasteiger partial charge >= 0.3 is 175 Å². The molecule has 0 aromatic heterocycles. The summed E-state index contributed by atoms with van der Waals surface area (Å²) in [6.07, 6.45) is 6.15. The molecule has 542 valence electrons. The van der Waals surface area contributed by atoms with Crippen LogP contribution in [0.2, 0.25) is 0 Å². The summed E-state index contributed by atoms with van der Waals surface area (Å²) in [6.45, 7) is 19.0. The van der Waals surface area contributed by atoms with E-state index in [9.17, 15) is 22.8 Å². The first kappa shape index (κ1) is 92.9. The van der Waals surface area contributed by atoms with E-state index in [1.807, 2.05) is 65.6 Å². The molecule has 0 unspecified atom stereocenters. The maximum absolute atomic E-state index is 13.3. The van der Waals surface area contributed by atoms with E-state index in [1.165, 1.54) is 62.3 Å². The first-order valence-electron chi connectivity index (χ1n) is 30.4. The van der Waals surface area contributed by atoms with Gasteiger partial charge in [-0.25, -0.2) is 27.6 Å². The summed E-state index contributed by atoms with van der Waals surface area (Å²) >= 11 is 17.8. The molecular weight excluding hydrogens is 2580 g/mol. The van der Waals surface area contributed by atoms with E-state index in [4.69, 9.17) is 25.7 Å². The van der Waals surface area contributed by atoms with Gasteiger partial charge in [-0.1, -0.05) is 88.4 Å². The molecule has 8 rings (SSSR count). The predicted molar refractivity (Wildman–Crippen MR) is 481 cm³/mol. The van der Waals surface area contributed by atoms with Crippen LogP contribution in [0.15, 0.2) is 121 Å². The van der Waals surface area contributed by atoms with Crippen molar-refractivity contribution in [1.29, 1.82) is 0 Å². The van der Waals surface area contributed by atoms with Gasteiger partial charge in [0.15, 0.2) is 0 Å². The standard InChI is InChI=1S/C25H34FN3O2.C14H20FN3O.C13H19FN2.C11H17NO.CH4N2O.I11.HI/c1-19(2)18-31-24-10-6-20(7-11-24)16-27-25(30)29(23-12-14-28(3)15-13-23)17-21-4-8-22(26)9-5-21;1-17-8-6-13(7-9-17)18(14(16)19)10-11-2-4-12(15)5-3-11;1-16-8-6-13(7-9-16)15-10-11-2-4-12(14)5-3-11;1-9(2)8-13-11-5-3-10(7-12)4-6-11;2-1(3)4;1-7-9(4)11(6)10(5)8(2)3;/h4-11,19,23H,12-18H2,1-3H3,(H,27,30);2-5,13H,6-10H2,1H3,(H2,16,19);2-5,13,15H,6-10H2,1H3;3-6,9H,7-8,12H2,1-2H3;(H4,2,3,4);;1H/q;;;;;-1;. The third kappa shape index (κ3) is 42.0. The summed E-state index contributed by atoms with van der Waals surface area (Å²) in [4.78, 5) is 44.2. The maximum atomic E-state index is 13.3. The molecule has 3 heterocycles. The summed E-state index contributed by atoms with van der Waals surface area (Å²) in [5, 5.41) is 6.60. The van der Waals surface area contributed by atoms with Crippen LogP contribution in [-0.4, -0.2) is 134 Å². The number of carbonyl (C=O) groups excluding carboxylic acids is 3. The fourth-order valence-corrected chi connectivity index (χ4v) is 1060. The molecule has 0 spiro atoms. The van der Waals surface area contributed by atoms with Crippen LogP contribution in [0.1, 0.15) is 94.0 Å². The molecule has 6 amide bonds. The van der Waals surface area contributed by atoms with Gasteiger partial charge in [0.25, 0.3) is 0 Å². The first-order valence-corrected chi connectivity index (χ1v) is 93.3. The Kier molecular flexibility index (Phi) is 52.4. The minimum atomic E-state index is -0.833. The molecule has 5 aromatic rings. The molecule has 0 bridgehead atoms. The second kappa shape index (κ2) is 53.6. The van der Waals surface area contributed by atoms with Crippen molar-refractivity contribution in [2.24, 2.45) is 34.8 Å². The molecule has 31 heteroatoms. The van der Waals surface area contributed by atoms with Gasteiger partial charge in [0.1, 0.15) is 29.0 Å². The van der Waals surface area contributed by atoms with Gasteiger partial charge in [-0.15, -0.1) is 24.0 Å². The maximum Gasteiger partial charge on any atom is 0.309 e. The van der Waals surface area contributed by atoms with Crippen molar-refractivity contribution in [1.82, 2.24) is 35.1 Å². The van der Waals surface area contributed by atoms with E-state index in [0.717, 1.165) is 104 Å². The molecule has 10 N–H and O–H groups in total. The number of primary amides is 3. The molecule has 3 saturated heterocycles. The molecule has 16 nitrogen and oxygen atoms in total. The van der Waals surface area contributed by atoms with E-state index in [1.54, 1.807) is 29.2 Å². The Morgan fingerprint density at radius 1 is 0.547 bits per heavy atom. The van der Waals surface area contributed by atoms with Crippen LogP contribution >= 0.6 is 167 Å². The average Bonchev–Trinajstić information content (AvgIpc) is 0.923. The van der Waals surface area contributed by atoms with Crippen molar-refractivity contribution >= 4 is 185 Å². The minimum absolute atomic E-state index is 0. The van der Waals surface area contributed by atoms with Gasteiger partial charge < -0.3 is 67.5 Å². The van der Waals surface area contributed by atoms with Crippen LogP contribution in [-0.2, 0) is 32.7 Å². The summed E-state index contributed by atoms with van der Waals surface area (Å²) in [6, 6.07) is 34.7. The van der Waals surface area contributed by atoms with E-state index < -0.39 is 12.1 Å². The zero-order valence-corrected chi connectivity index (χ0v) is 80.7. The summed E-state index contributed by atoms with van der Waals surface area (Å²) in [5.74, 6) is 2.11. The van der Waals surface area contributed by atoms with Crippen LogP contribution < -0.4 is 56.3 Å². The average molecular weight is 2680 g/mol. The van der Waals surface area contributed by atoms with Crippen molar-refractivity contribution < 1.29 is 50.3 Å². The van der Waals surface area contributed by atoms with Gasteiger partial charge in [0, 0.05) is 50.8 Å². The van der Waals surface area contributed by atoms with Gasteiger partial charge in [-0.05, 0) is 199 Å². The smallest absolute Gasteiger partial charge is 0.309 e. The van der Waals surface area contributed by atoms with Crippen LogP contribution in [0.25, 0.3) is 0 Å². The van der Waals surface area contributed by atoms with Crippen molar-refractivity contribution in [3.05, 3.63) is 167 Å². The Hall–Kier alpha value is 1.86. The fourth-order valence-electron chi connectivity index (χ4n) is 9.32. The third-order valence-corrected chi connectivity index (χ3v) is 593. The number of hydrogen-bond acceptors (Lipinski definition) is 10. The summed E-state index contributed by atoms with van der Waals surface area (Å²) in [7, 11) is 5.19. The predicted octanol–water partition coefficient (Wildman–Crippen LogP) is 16.2. The Bertz CT molecular complexity index is 2860. The molecular formula is C64H95F3I12N11O5-. The number of amides is 6. The van der Waals surface area contributed by atoms with Gasteiger partial charge in [0.2, 0.25) is 0 Å². The minimum Gasteiger partial charge on any atom is -0.352 e. The molecule has 0 saturated carbocycles. The van der Waals surface area contributed by atoms with Crippen LogP contribution in [0, 0.1) is 29.3 Å². The Labute approximate surface area is 662 Å². The number of halogens is 15. The van der Waals surface area contributed by atoms with Crippen LogP contribution in [0.5, 0.6) is 11.5 Å². The molecule has 0 atom stereocenters. The van der Waals surface area contributed by atoms with Crippen molar-refractivity contribution in [2.45, 2.75) is 117 Å². The Morgan fingerprint density at radius 2 is 0.884 bits per heavy atom. The van der Waals surface area contributed by atoms with Crippen molar-refractivity contribution in [2.75, 3.05) is 73.6 Å². The van der Waals surface area contributed by atoms with E-state index in [0.29, 0.717) is 63.9 Å². The molecule has 3 aliphatic rings. The number of nitrogens with one attached hydrogen (secondary N) is 2. The number of piperidine rings is 3. The number of nitrogens with zero attached hydrogens (tertiary/aromatic N) is 5. The number of urea groups is 3. The second-order valence-electron chi connectivity index (χ2n) is 23.2. The fraction of sp³-hybridized carbons (Fsp3) is 0.484. The number of carbonyl (C=O) groups is 3. The Morgan fingerprint density at radius 3 is 1.24 bits per heavy atom. The molecule has 0 radical (unpaired) electrons. The summed E-state index contributed by atoms with van der Waals surface area (Å²) in [5.41, 5.74) is 24.6. The monoisotopic (exact) mass is 2680 g/mol. The van der Waals surface area contributed by atoms with Gasteiger partial charge in [-0.3, -0.25) is 0 Å². The number of nitrogens with two attached hydrogens (primary N) is 4. The zero-order chi connectivity index (χ0) is 69.7. The molecule has 0 aliphatic carbocycles. The zero-order valence-electron chi connectivity index (χ0n) is 54.7. The summed E-state index contributed by atoms with van der Waals surface area (Å²) < 4.78 is 50.1. The molecule has 3 aliphatic heterocycles. The number of ether oxygens (including phenoxy) is 2. The van der Waals surface area contributed by atoms with Crippen LogP contribution in [0.4, 0.5) is 27.6 Å². The van der Waals surface area contributed by atoms with E-state index in [2.05, 4.69) is 197 Å². The topological polar surface area (TPSA) is 214 Å².